The number of nitrogens with one attached hydrogen (secondary N) is 3. The number of rotatable bonds is 8. The minimum Gasteiger partial charge on any atom is -0.361 e. The molecule has 3 heterocycles. The van der Waals surface area contributed by atoms with E-state index in [4.69, 9.17) is 0 Å². The third-order valence-corrected chi connectivity index (χ3v) is 11.1. The second-order valence-corrected chi connectivity index (χ2v) is 13.8. The molecule has 246 valence electrons. The number of nitrogens with zero attached hydrogens (tertiary/aromatic N) is 3. The summed E-state index contributed by atoms with van der Waals surface area (Å²) in [7, 11) is 3.75. The molecule has 46 heavy (non-hydrogen) atoms. The number of para-hydroxylation sites is 1. The zero-order valence-corrected chi connectivity index (χ0v) is 27.9. The van der Waals surface area contributed by atoms with Gasteiger partial charge in [-0.25, -0.2) is 4.79 Å². The standard InChI is InChI=1S/C37H50N6O3/c1-5-19-41(3)34(44)29-22-37(31-14-8-6-12-27(29)31)16-20-43(21-17-37)35(45)33(40-36(46)42(4)26-11-10-18-38-23-26)25(2)30-24-39-32-15-9-7-13-28(30)32/h6-9,12-15,24-26,29,33,38-39H,5,10-11,16-23H2,1-4H3,(H,40,46)/t25-,26-,29-,33-/m1/s1. The van der Waals surface area contributed by atoms with Crippen molar-refractivity contribution in [3.63, 3.8) is 0 Å². The Balaban J connectivity index is 1.22. The number of likely N-dealkylation sites (N-methyl/N-ethyl adjacent to an activating group) is 2. The van der Waals surface area contributed by atoms with Crippen molar-refractivity contribution in [2.24, 2.45) is 0 Å². The maximum Gasteiger partial charge on any atom is 0.318 e. The van der Waals surface area contributed by atoms with Gasteiger partial charge in [-0.05, 0) is 67.8 Å². The minimum atomic E-state index is -0.715. The predicted molar refractivity (Wildman–Crippen MR) is 182 cm³/mol. The highest BCUT2D eigenvalue weighted by Crippen LogP contribution is 2.52. The van der Waals surface area contributed by atoms with Gasteiger partial charge in [0.05, 0.1) is 5.92 Å². The first-order valence-corrected chi connectivity index (χ1v) is 17.2. The Morgan fingerprint density at radius 3 is 2.54 bits per heavy atom. The van der Waals surface area contributed by atoms with Gasteiger partial charge in [-0.2, -0.15) is 0 Å². The molecule has 1 aromatic heterocycles. The molecule has 3 aromatic rings. The number of piperidine rings is 2. The van der Waals surface area contributed by atoms with E-state index in [-0.39, 0.29) is 41.1 Å². The van der Waals surface area contributed by atoms with Gasteiger partial charge in [-0.3, -0.25) is 9.59 Å². The smallest absolute Gasteiger partial charge is 0.318 e. The number of aromatic nitrogens is 1. The van der Waals surface area contributed by atoms with Crippen molar-refractivity contribution in [3.8, 4) is 0 Å². The molecule has 2 aromatic carbocycles. The summed E-state index contributed by atoms with van der Waals surface area (Å²) >= 11 is 0. The van der Waals surface area contributed by atoms with Gasteiger partial charge in [0.1, 0.15) is 6.04 Å². The fourth-order valence-electron chi connectivity index (χ4n) is 8.27. The van der Waals surface area contributed by atoms with E-state index < -0.39 is 6.04 Å². The third kappa shape index (κ3) is 6.01. The van der Waals surface area contributed by atoms with Gasteiger partial charge in [-0.1, -0.05) is 56.3 Å². The van der Waals surface area contributed by atoms with Gasteiger partial charge in [0.2, 0.25) is 11.8 Å². The van der Waals surface area contributed by atoms with Crippen LogP contribution in [0.2, 0.25) is 0 Å². The zero-order chi connectivity index (χ0) is 32.4. The van der Waals surface area contributed by atoms with E-state index in [0.29, 0.717) is 13.1 Å². The molecule has 1 spiro atoms. The van der Waals surface area contributed by atoms with Crippen LogP contribution in [0.15, 0.2) is 54.7 Å². The highest BCUT2D eigenvalue weighted by Gasteiger charge is 2.49. The zero-order valence-electron chi connectivity index (χ0n) is 27.9. The molecule has 0 radical (unpaired) electrons. The van der Waals surface area contributed by atoms with E-state index in [9.17, 15) is 14.4 Å². The van der Waals surface area contributed by atoms with Crippen LogP contribution in [0.3, 0.4) is 0 Å². The molecule has 1 aliphatic carbocycles. The van der Waals surface area contributed by atoms with Crippen molar-refractivity contribution < 1.29 is 14.4 Å². The van der Waals surface area contributed by atoms with Crippen LogP contribution in [0, 0.1) is 0 Å². The molecule has 0 unspecified atom stereocenters. The number of benzene rings is 2. The summed E-state index contributed by atoms with van der Waals surface area (Å²) in [4.78, 5) is 50.7. The minimum absolute atomic E-state index is 0.0438. The first-order chi connectivity index (χ1) is 22.2. The molecule has 3 N–H and O–H groups in total. The Morgan fingerprint density at radius 2 is 1.80 bits per heavy atom. The summed E-state index contributed by atoms with van der Waals surface area (Å²) in [6.45, 7) is 7.80. The predicted octanol–water partition coefficient (Wildman–Crippen LogP) is 4.95. The maximum absolute atomic E-state index is 14.5. The fraction of sp³-hybridized carbons (Fsp3) is 0.541. The number of hydrogen-bond acceptors (Lipinski definition) is 4. The van der Waals surface area contributed by atoms with Crippen molar-refractivity contribution >= 4 is 28.7 Å². The molecule has 9 heteroatoms. The third-order valence-electron chi connectivity index (χ3n) is 11.1. The van der Waals surface area contributed by atoms with Crippen LogP contribution in [-0.2, 0) is 15.0 Å². The van der Waals surface area contributed by atoms with Crippen LogP contribution in [-0.4, -0.2) is 96.4 Å². The van der Waals surface area contributed by atoms with Gasteiger partial charge < -0.3 is 30.3 Å². The van der Waals surface area contributed by atoms with Crippen LogP contribution in [0.25, 0.3) is 10.9 Å². The number of aromatic amines is 1. The molecule has 9 nitrogen and oxygen atoms in total. The van der Waals surface area contributed by atoms with E-state index in [2.05, 4.69) is 46.8 Å². The lowest BCUT2D eigenvalue weighted by Gasteiger charge is -2.42. The summed E-state index contributed by atoms with van der Waals surface area (Å²) in [5.41, 5.74) is 4.32. The Kier molecular flexibility index (Phi) is 9.41. The van der Waals surface area contributed by atoms with Crippen LogP contribution >= 0.6 is 0 Å². The average molecular weight is 627 g/mol. The molecular weight excluding hydrogens is 576 g/mol. The topological polar surface area (TPSA) is 101 Å². The summed E-state index contributed by atoms with van der Waals surface area (Å²) in [6, 6.07) is 15.7. The van der Waals surface area contributed by atoms with E-state index >= 15 is 0 Å². The fourth-order valence-corrected chi connectivity index (χ4v) is 8.27. The molecule has 4 atom stereocenters. The lowest BCUT2D eigenvalue weighted by Crippen LogP contribution is -2.58. The molecular formula is C37H50N6O3. The lowest BCUT2D eigenvalue weighted by atomic mass is 9.73. The van der Waals surface area contributed by atoms with Crippen LogP contribution in [0.5, 0.6) is 0 Å². The van der Waals surface area contributed by atoms with E-state index in [1.54, 1.807) is 4.90 Å². The number of amides is 4. The number of H-pyrrole nitrogens is 1. The van der Waals surface area contributed by atoms with Crippen molar-refractivity contribution in [2.75, 3.05) is 46.8 Å². The largest absolute Gasteiger partial charge is 0.361 e. The summed E-state index contributed by atoms with van der Waals surface area (Å²) in [5, 5.41) is 7.65. The summed E-state index contributed by atoms with van der Waals surface area (Å²) in [6.07, 6.45) is 7.26. The van der Waals surface area contributed by atoms with Crippen LogP contribution in [0.1, 0.15) is 80.9 Å². The van der Waals surface area contributed by atoms with Crippen molar-refractivity contribution in [1.82, 2.24) is 30.3 Å². The van der Waals surface area contributed by atoms with Gasteiger partial charge in [-0.15, -0.1) is 0 Å². The first-order valence-electron chi connectivity index (χ1n) is 17.2. The quantitative estimate of drug-likeness (QED) is 0.330. The van der Waals surface area contributed by atoms with E-state index in [1.807, 2.05) is 61.3 Å². The van der Waals surface area contributed by atoms with Crippen molar-refractivity contribution in [2.45, 2.75) is 81.7 Å². The first kappa shape index (κ1) is 32.1. The number of carbonyl (C=O) groups is 3. The Hall–Kier alpha value is -3.85. The Bertz CT molecular complexity index is 1550. The SMILES string of the molecule is CCCN(C)C(=O)[C@@H]1CC2(CCN(C(=O)[C@H](NC(=O)N(C)[C@@H]3CCCNC3)[C@H](C)c3c[nH]c4ccccc34)CC2)c2ccccc21. The highest BCUT2D eigenvalue weighted by atomic mass is 16.2. The number of hydrogen-bond donors (Lipinski definition) is 3. The molecule has 2 fully saturated rings. The number of fused-ring (bicyclic) bond motifs is 3. The van der Waals surface area contributed by atoms with Gasteiger partial charge in [0.15, 0.2) is 0 Å². The molecule has 0 bridgehead atoms. The second kappa shape index (κ2) is 13.5. The Labute approximate surface area is 273 Å². The van der Waals surface area contributed by atoms with E-state index in [1.165, 1.54) is 5.56 Å². The number of likely N-dealkylation sites (tertiary alicyclic amines) is 1. The normalized spacial score (nSPS) is 21.9. The molecule has 4 amide bonds. The summed E-state index contributed by atoms with van der Waals surface area (Å²) < 4.78 is 0. The maximum atomic E-state index is 14.5. The van der Waals surface area contributed by atoms with Crippen molar-refractivity contribution in [3.05, 3.63) is 71.4 Å². The number of urea groups is 1. The van der Waals surface area contributed by atoms with Gasteiger partial charge in [0, 0.05) is 74.7 Å². The summed E-state index contributed by atoms with van der Waals surface area (Å²) in [5.74, 6) is -0.242. The molecule has 3 aliphatic rings. The highest BCUT2D eigenvalue weighted by molar-refractivity contribution is 5.91. The van der Waals surface area contributed by atoms with Gasteiger partial charge in [0.25, 0.3) is 0 Å². The number of carbonyl (C=O) groups excluding carboxylic acids is 3. The molecule has 2 aliphatic heterocycles. The van der Waals surface area contributed by atoms with E-state index in [0.717, 1.165) is 80.2 Å². The van der Waals surface area contributed by atoms with Crippen molar-refractivity contribution in [1.29, 1.82) is 0 Å². The van der Waals surface area contributed by atoms with Gasteiger partial charge >= 0.3 is 6.03 Å². The van der Waals surface area contributed by atoms with Crippen LogP contribution in [0.4, 0.5) is 4.79 Å². The van der Waals surface area contributed by atoms with Crippen LogP contribution < -0.4 is 10.6 Å². The monoisotopic (exact) mass is 626 g/mol. The lowest BCUT2D eigenvalue weighted by molar-refractivity contribution is -0.136. The average Bonchev–Trinajstić information content (AvgIpc) is 3.66. The molecule has 2 saturated heterocycles. The second-order valence-electron chi connectivity index (χ2n) is 13.8. The Morgan fingerprint density at radius 1 is 1.07 bits per heavy atom. The molecule has 6 rings (SSSR count). The molecule has 0 saturated carbocycles.